The molecule has 1 atom stereocenters. The van der Waals surface area contributed by atoms with E-state index in [4.69, 9.17) is 23.4 Å². The zero-order chi connectivity index (χ0) is 22.5. The number of hydrogen-bond acceptors (Lipinski definition) is 3. The van der Waals surface area contributed by atoms with E-state index in [0.29, 0.717) is 12.0 Å². The molecule has 1 aromatic carbocycles. The van der Waals surface area contributed by atoms with E-state index in [0.717, 1.165) is 30.8 Å². The number of aryl methyl sites for hydroxylation is 1. The molecule has 0 unspecified atom stereocenters. The fraction of sp³-hybridized carbons (Fsp3) is 0.474. The molecule has 0 amide bonds. The van der Waals surface area contributed by atoms with E-state index in [1.807, 2.05) is 0 Å². The number of aliphatic hydroxyl groups is 1. The number of ether oxygens (including phenoxy) is 2. The predicted molar refractivity (Wildman–Crippen MR) is 115 cm³/mol. The minimum atomic E-state index is 0. The van der Waals surface area contributed by atoms with Crippen LogP contribution in [0.1, 0.15) is 49.7 Å². The molecule has 0 spiro atoms. The van der Waals surface area contributed by atoms with Crippen molar-refractivity contribution in [2.75, 3.05) is 14.2 Å². The maximum atomic E-state index is 9.39. The third-order valence-corrected chi connectivity index (χ3v) is 3.94. The van der Waals surface area contributed by atoms with Gasteiger partial charge in [0.05, 0.1) is 20.3 Å². The quantitative estimate of drug-likeness (QED) is 0.243. The van der Waals surface area contributed by atoms with Gasteiger partial charge < -0.3 is 14.6 Å². The van der Waals surface area contributed by atoms with E-state index in [1.54, 1.807) is 21.1 Å². The number of benzene rings is 1. The van der Waals surface area contributed by atoms with E-state index in [2.05, 4.69) is 60.7 Å². The van der Waals surface area contributed by atoms with E-state index in [1.165, 1.54) is 24.0 Å². The summed E-state index contributed by atoms with van der Waals surface area (Å²) < 4.78 is 33.3. The molecule has 161 valence electrons. The molecule has 0 saturated heterocycles. The van der Waals surface area contributed by atoms with Crippen LogP contribution in [0.25, 0.3) is 0 Å². The number of methoxy groups -OCH3 is 2. The molecule has 1 radical (unpaired) electrons. The van der Waals surface area contributed by atoms with E-state index < -0.39 is 0 Å². The second-order valence-electron chi connectivity index (χ2n) is 5.33. The van der Waals surface area contributed by atoms with Gasteiger partial charge in [-0.2, -0.15) is 0 Å². The van der Waals surface area contributed by atoms with Crippen molar-refractivity contribution in [1.82, 2.24) is 0 Å². The first-order chi connectivity index (χ1) is 13.6. The normalized spacial score (nSPS) is 12.8. The first kappa shape index (κ1) is 37.6. The summed E-state index contributed by atoms with van der Waals surface area (Å²) in [6.45, 7) is 15.3. The van der Waals surface area contributed by atoms with Crippen LogP contribution in [0.3, 0.4) is 0 Å². The Balaban J connectivity index is -0.000000274. The Morgan fingerprint density at radius 3 is 1.97 bits per heavy atom. The van der Waals surface area contributed by atoms with Gasteiger partial charge in [-0.15, -0.1) is 0 Å². The van der Waals surface area contributed by atoms with E-state index in [-0.39, 0.29) is 42.8 Å². The molecular weight excluding hydrogens is 780 g/mol. The van der Waals surface area contributed by atoms with Crippen molar-refractivity contribution in [3.05, 3.63) is 49.3 Å². The van der Waals surface area contributed by atoms with Crippen LogP contribution in [0, 0.1) is 51.5 Å². The van der Waals surface area contributed by atoms with Crippen molar-refractivity contribution in [2.45, 2.75) is 44.9 Å². The molecule has 0 aliphatic heterocycles. The summed E-state index contributed by atoms with van der Waals surface area (Å²) in [5.74, 6) is 2.13. The van der Waals surface area contributed by atoms with Gasteiger partial charge in [0.25, 0.3) is 0 Å². The van der Waals surface area contributed by atoms with Gasteiger partial charge in [-0.05, 0) is 68.2 Å². The zero-order valence-corrected chi connectivity index (χ0v) is 24.5. The molecule has 10 heteroatoms. The fourth-order valence-corrected chi connectivity index (χ4v) is 2.91. The number of rotatable bonds is 5. The average Bonchev–Trinajstić information content (AvgIpc) is 2.75. The van der Waals surface area contributed by atoms with Crippen molar-refractivity contribution in [3.8, 4) is 11.5 Å². The summed E-state index contributed by atoms with van der Waals surface area (Å²) in [4.78, 5) is 0. The molecule has 1 aliphatic carbocycles. The number of hydrogen-bond donors (Lipinski definition) is 1. The van der Waals surface area contributed by atoms with Crippen molar-refractivity contribution >= 4 is 28.6 Å². The Hall–Kier alpha value is 1.33. The molecule has 0 bridgehead atoms. The second-order valence-corrected chi connectivity index (χ2v) is 24.7. The molecule has 2 rings (SSSR count). The SMILES string of the molecule is COc1cc2c(cc1OC)[C@@H](CC[C](C)O)CCC2.[C-]#[O+].[C-]#[O+].[C-]#[O+].[Cr].[I][Sm][I]. The molecule has 6 nitrogen and oxygen atoms in total. The Kier molecular flexibility index (Phi) is 35.5. The molecule has 0 heterocycles. The number of halogens is 2. The van der Waals surface area contributed by atoms with Crippen LogP contribution in [-0.2, 0) is 37.7 Å². The van der Waals surface area contributed by atoms with Crippen LogP contribution in [-0.4, -0.2) is 19.3 Å². The molecule has 0 fully saturated rings. The van der Waals surface area contributed by atoms with Crippen LogP contribution in [0.5, 0.6) is 11.5 Å². The number of aliphatic hydroxyl groups excluding tert-OH is 1. The summed E-state index contributed by atoms with van der Waals surface area (Å²) >= 11 is 5.07. The first-order valence-electron chi connectivity index (χ1n) is 7.84. The summed E-state index contributed by atoms with van der Waals surface area (Å²) in [7, 11) is 3.35. The molecule has 0 aromatic heterocycles. The molecular formula is C19H23CrI2O6Sm. The molecule has 29 heavy (non-hydrogen) atoms. The fourth-order valence-electron chi connectivity index (χ4n) is 2.91. The average molecular weight is 804 g/mol. The van der Waals surface area contributed by atoms with Crippen LogP contribution < -0.4 is 9.47 Å². The van der Waals surface area contributed by atoms with Gasteiger partial charge >= 0.3 is 87.9 Å². The summed E-state index contributed by atoms with van der Waals surface area (Å²) in [5, 5.41) is 9.39. The third-order valence-electron chi connectivity index (χ3n) is 3.94. The topological polar surface area (TPSA) is 98.4 Å². The summed E-state index contributed by atoms with van der Waals surface area (Å²) in [5.41, 5.74) is 2.73. The van der Waals surface area contributed by atoms with Gasteiger partial charge in [-0.1, -0.05) is 0 Å². The standard InChI is InChI=1S/C16H23O3.3CO.Cr.2HI.Sm/c1-11(17)7-8-12-5-4-6-13-9-15(18-2)16(19-3)10-14(12)13;3*1-2;;;;/h9-10,12,17H,4-8H2,1-3H3;;;;;2*1H;/q;;;;;;;+2/p-2/t12-;;;;;;;/m1......./s1. The first-order valence-corrected chi connectivity index (χ1v) is 22.9. The van der Waals surface area contributed by atoms with Crippen LogP contribution in [0.4, 0.5) is 0 Å². The van der Waals surface area contributed by atoms with Gasteiger partial charge in [0.1, 0.15) is 0 Å². The predicted octanol–water partition coefficient (Wildman–Crippen LogP) is 5.48. The van der Waals surface area contributed by atoms with Crippen LogP contribution >= 0.6 is 28.6 Å². The van der Waals surface area contributed by atoms with Crippen molar-refractivity contribution < 1.29 is 71.4 Å². The van der Waals surface area contributed by atoms with Crippen molar-refractivity contribution in [3.63, 3.8) is 0 Å². The van der Waals surface area contributed by atoms with Crippen LogP contribution in [0.15, 0.2) is 12.1 Å². The summed E-state index contributed by atoms with van der Waals surface area (Å²) in [6, 6.07) is 4.22. The van der Waals surface area contributed by atoms with Gasteiger partial charge in [-0.3, -0.25) is 0 Å². The van der Waals surface area contributed by atoms with Gasteiger partial charge in [0.15, 0.2) is 11.5 Å². The Labute approximate surface area is 216 Å². The molecule has 1 N–H and O–H groups in total. The Morgan fingerprint density at radius 1 is 1.10 bits per heavy atom. The molecule has 0 saturated carbocycles. The number of fused-ring (bicyclic) bond motifs is 1. The maximum absolute atomic E-state index is 9.39. The van der Waals surface area contributed by atoms with Crippen molar-refractivity contribution in [2.24, 2.45) is 0 Å². The van der Waals surface area contributed by atoms with Crippen molar-refractivity contribution in [1.29, 1.82) is 0 Å². The monoisotopic (exact) mass is 805 g/mol. The zero-order valence-electron chi connectivity index (χ0n) is 16.3. The van der Waals surface area contributed by atoms with Gasteiger partial charge in [0, 0.05) is 17.4 Å². The Morgan fingerprint density at radius 2 is 1.55 bits per heavy atom. The Bertz CT molecular complexity index is 568. The molecule has 1 aromatic rings. The van der Waals surface area contributed by atoms with E-state index in [9.17, 15) is 5.11 Å². The third kappa shape index (κ3) is 16.6. The summed E-state index contributed by atoms with van der Waals surface area (Å²) in [6.07, 6.45) is 5.80. The minimum absolute atomic E-state index is 0. The van der Waals surface area contributed by atoms with Gasteiger partial charge in [-0.25, -0.2) is 0 Å². The second kappa shape index (κ2) is 27.4. The van der Waals surface area contributed by atoms with Crippen LogP contribution in [0.2, 0.25) is 0 Å². The van der Waals surface area contributed by atoms with E-state index >= 15 is 0 Å². The molecule has 1 aliphatic rings. The van der Waals surface area contributed by atoms with Gasteiger partial charge in [0.2, 0.25) is 0 Å².